The number of carbonyl (C=O) groups is 2. The molecule has 2 atom stereocenters. The van der Waals surface area contributed by atoms with E-state index in [1.165, 1.54) is 6.42 Å². The van der Waals surface area contributed by atoms with Crippen molar-refractivity contribution in [2.45, 2.75) is 45.6 Å². The molecule has 1 N–H and O–H groups in total. The van der Waals surface area contributed by atoms with Crippen LogP contribution in [0, 0.1) is 17.2 Å². The van der Waals surface area contributed by atoms with Crippen molar-refractivity contribution >= 4 is 23.1 Å². The molecule has 0 spiro atoms. The third kappa shape index (κ3) is 3.05. The molecule has 1 aromatic carbocycles. The van der Waals surface area contributed by atoms with E-state index in [0.29, 0.717) is 18.0 Å². The molecule has 3 rings (SSSR count). The van der Waals surface area contributed by atoms with Gasteiger partial charge in [-0.25, -0.2) is 0 Å². The molecule has 2 amide bonds. The summed E-state index contributed by atoms with van der Waals surface area (Å²) in [5, 5.41) is 12.6. The lowest BCUT2D eigenvalue weighted by molar-refractivity contribution is -0.119. The highest BCUT2D eigenvalue weighted by Crippen LogP contribution is 2.38. The Bertz CT molecular complexity index is 775. The van der Waals surface area contributed by atoms with Gasteiger partial charge in [-0.15, -0.1) is 0 Å². The van der Waals surface area contributed by atoms with E-state index in [1.54, 1.807) is 11.0 Å². The largest absolute Gasteiger partial charge is 0.348 e. The number of amides is 2. The molecule has 0 aromatic heterocycles. The van der Waals surface area contributed by atoms with E-state index in [4.69, 9.17) is 0 Å². The van der Waals surface area contributed by atoms with Gasteiger partial charge >= 0.3 is 0 Å². The summed E-state index contributed by atoms with van der Waals surface area (Å²) in [6.07, 6.45) is 4.26. The van der Waals surface area contributed by atoms with Crippen LogP contribution >= 0.6 is 0 Å². The van der Waals surface area contributed by atoms with Crippen LogP contribution in [0.5, 0.6) is 0 Å². The maximum absolute atomic E-state index is 12.8. The van der Waals surface area contributed by atoms with Gasteiger partial charge in [0.15, 0.2) is 0 Å². The van der Waals surface area contributed by atoms with Gasteiger partial charge in [-0.2, -0.15) is 5.26 Å². The lowest BCUT2D eigenvalue weighted by Crippen LogP contribution is -2.42. The molecule has 5 heteroatoms. The van der Waals surface area contributed by atoms with Gasteiger partial charge in [0.25, 0.3) is 11.8 Å². The molecule has 1 fully saturated rings. The average Bonchev–Trinajstić information content (AvgIpc) is 2.90. The number of likely N-dealkylation sites (N-methyl/N-ethyl adjacent to an activating group) is 1. The Kier molecular flexibility index (Phi) is 4.89. The number of nitriles is 1. The molecule has 130 valence electrons. The first-order valence-corrected chi connectivity index (χ1v) is 8.95. The summed E-state index contributed by atoms with van der Waals surface area (Å²) in [7, 11) is 0. The predicted molar refractivity (Wildman–Crippen MR) is 96.6 cm³/mol. The highest BCUT2D eigenvalue weighted by molar-refractivity contribution is 6.37. The number of hydrogen-bond acceptors (Lipinski definition) is 3. The quantitative estimate of drug-likeness (QED) is 0.680. The number of benzene rings is 1. The molecule has 0 saturated heterocycles. The van der Waals surface area contributed by atoms with Crippen LogP contribution in [0.4, 0.5) is 5.69 Å². The molecular weight excluding hydrogens is 314 g/mol. The van der Waals surface area contributed by atoms with E-state index in [1.807, 2.05) is 31.2 Å². The molecule has 25 heavy (non-hydrogen) atoms. The van der Waals surface area contributed by atoms with Crippen LogP contribution in [-0.2, 0) is 9.59 Å². The van der Waals surface area contributed by atoms with Crippen LogP contribution in [0.2, 0.25) is 0 Å². The molecule has 2 aliphatic rings. The Balaban J connectivity index is 1.97. The lowest BCUT2D eigenvalue weighted by Gasteiger charge is -2.29. The number of para-hydroxylation sites is 1. The van der Waals surface area contributed by atoms with Crippen LogP contribution in [-0.4, -0.2) is 24.4 Å². The fourth-order valence-electron chi connectivity index (χ4n) is 3.83. The van der Waals surface area contributed by atoms with E-state index in [9.17, 15) is 14.9 Å². The number of nitrogens with one attached hydrogen (secondary N) is 1. The lowest BCUT2D eigenvalue weighted by atomic mass is 9.85. The zero-order valence-electron chi connectivity index (χ0n) is 14.7. The van der Waals surface area contributed by atoms with E-state index in [0.717, 1.165) is 24.9 Å². The summed E-state index contributed by atoms with van der Waals surface area (Å²) < 4.78 is 0. The molecule has 1 heterocycles. The Labute approximate surface area is 148 Å². The van der Waals surface area contributed by atoms with Gasteiger partial charge in [-0.05, 0) is 31.7 Å². The van der Waals surface area contributed by atoms with E-state index in [2.05, 4.69) is 12.2 Å². The number of rotatable bonds is 3. The van der Waals surface area contributed by atoms with Crippen molar-refractivity contribution in [1.29, 1.82) is 5.26 Å². The summed E-state index contributed by atoms with van der Waals surface area (Å²) in [6, 6.07) is 9.37. The summed E-state index contributed by atoms with van der Waals surface area (Å²) in [4.78, 5) is 27.2. The van der Waals surface area contributed by atoms with E-state index < -0.39 is 5.91 Å². The second-order valence-corrected chi connectivity index (χ2v) is 6.77. The first-order valence-electron chi connectivity index (χ1n) is 8.95. The Morgan fingerprint density at radius 2 is 2.04 bits per heavy atom. The van der Waals surface area contributed by atoms with Gasteiger partial charge in [-0.3, -0.25) is 9.59 Å². The third-order valence-electron chi connectivity index (χ3n) is 5.26. The van der Waals surface area contributed by atoms with Gasteiger partial charge in [0.05, 0.1) is 11.3 Å². The predicted octanol–water partition coefficient (Wildman–Crippen LogP) is 3.03. The molecule has 5 nitrogen and oxygen atoms in total. The summed E-state index contributed by atoms with van der Waals surface area (Å²) in [5.74, 6) is -0.314. The standard InChI is InChI=1S/C20H23N3O2/c1-3-23-17-11-7-5-9-14(17)18(20(23)25)15(12-21)19(24)22-16-10-6-4-8-13(16)2/h5,7,9,11,13,16H,3-4,6,8,10H2,1-2H3,(H,22,24). The number of carbonyl (C=O) groups excluding carboxylic acids is 2. The monoisotopic (exact) mass is 337 g/mol. The Morgan fingerprint density at radius 3 is 2.72 bits per heavy atom. The minimum Gasteiger partial charge on any atom is -0.348 e. The topological polar surface area (TPSA) is 73.2 Å². The van der Waals surface area contributed by atoms with Gasteiger partial charge in [0.1, 0.15) is 11.6 Å². The van der Waals surface area contributed by atoms with Gasteiger partial charge in [-0.1, -0.05) is 38.0 Å². The molecular formula is C20H23N3O2. The summed E-state index contributed by atoms with van der Waals surface area (Å²) >= 11 is 0. The van der Waals surface area contributed by atoms with Crippen LogP contribution in [0.1, 0.15) is 45.1 Å². The van der Waals surface area contributed by atoms with Gasteiger partial charge in [0, 0.05) is 18.2 Å². The number of fused-ring (bicyclic) bond motifs is 1. The zero-order valence-corrected chi connectivity index (χ0v) is 14.7. The summed E-state index contributed by atoms with van der Waals surface area (Å²) in [5.41, 5.74) is 1.57. The molecule has 1 aliphatic carbocycles. The van der Waals surface area contributed by atoms with E-state index in [-0.39, 0.29) is 23.1 Å². The first kappa shape index (κ1) is 17.2. The Morgan fingerprint density at radius 1 is 1.32 bits per heavy atom. The van der Waals surface area contributed by atoms with Crippen LogP contribution in [0.15, 0.2) is 29.8 Å². The maximum Gasteiger partial charge on any atom is 0.263 e. The maximum atomic E-state index is 12.8. The molecule has 1 aliphatic heterocycles. The number of hydrogen-bond donors (Lipinski definition) is 1. The van der Waals surface area contributed by atoms with Crippen LogP contribution in [0.3, 0.4) is 0 Å². The summed E-state index contributed by atoms with van der Waals surface area (Å²) in [6.45, 7) is 4.50. The van der Waals surface area contributed by atoms with Crippen molar-refractivity contribution in [1.82, 2.24) is 5.32 Å². The molecule has 0 radical (unpaired) electrons. The minimum atomic E-state index is -0.433. The highest BCUT2D eigenvalue weighted by Gasteiger charge is 2.36. The van der Waals surface area contributed by atoms with Crippen LogP contribution in [0.25, 0.3) is 5.57 Å². The van der Waals surface area contributed by atoms with E-state index >= 15 is 0 Å². The molecule has 1 saturated carbocycles. The normalized spacial score (nSPS) is 24.5. The first-order chi connectivity index (χ1) is 12.1. The van der Waals surface area contributed by atoms with Crippen molar-refractivity contribution < 1.29 is 9.59 Å². The minimum absolute atomic E-state index is 0.0687. The molecule has 1 aromatic rings. The fourth-order valence-corrected chi connectivity index (χ4v) is 3.83. The van der Waals surface area contributed by atoms with Gasteiger partial charge in [0.2, 0.25) is 0 Å². The highest BCUT2D eigenvalue weighted by atomic mass is 16.2. The SMILES string of the molecule is CCN1C(=O)C(=C(C#N)C(=O)NC2CCCCC2C)c2ccccc21. The molecule has 2 unspecified atom stereocenters. The van der Waals surface area contributed by atoms with Crippen molar-refractivity contribution in [2.75, 3.05) is 11.4 Å². The second-order valence-electron chi connectivity index (χ2n) is 6.77. The van der Waals surface area contributed by atoms with Crippen molar-refractivity contribution in [3.05, 3.63) is 35.4 Å². The van der Waals surface area contributed by atoms with Gasteiger partial charge < -0.3 is 10.2 Å². The number of anilines is 1. The third-order valence-corrected chi connectivity index (χ3v) is 5.26. The smallest absolute Gasteiger partial charge is 0.263 e. The fraction of sp³-hybridized carbons (Fsp3) is 0.450. The Hall–Kier alpha value is -2.61. The van der Waals surface area contributed by atoms with Crippen molar-refractivity contribution in [2.24, 2.45) is 5.92 Å². The molecule has 0 bridgehead atoms. The average molecular weight is 337 g/mol. The van der Waals surface area contributed by atoms with Crippen molar-refractivity contribution in [3.63, 3.8) is 0 Å². The van der Waals surface area contributed by atoms with Crippen molar-refractivity contribution in [3.8, 4) is 6.07 Å². The second kappa shape index (κ2) is 7.10. The van der Waals surface area contributed by atoms with Crippen LogP contribution < -0.4 is 10.2 Å². The number of nitrogens with zero attached hydrogens (tertiary/aromatic N) is 2. The zero-order chi connectivity index (χ0) is 18.0.